The third kappa shape index (κ3) is 3.40. The van der Waals surface area contributed by atoms with Crippen molar-refractivity contribution in [3.8, 4) is 0 Å². The van der Waals surface area contributed by atoms with Crippen LogP contribution in [0.4, 0.5) is 0 Å². The number of halogens is 2. The minimum absolute atomic E-state index is 0.361. The molecule has 0 aliphatic rings. The van der Waals surface area contributed by atoms with Crippen molar-refractivity contribution < 1.29 is 0 Å². The van der Waals surface area contributed by atoms with E-state index in [1.165, 1.54) is 5.56 Å². The zero-order valence-electron chi connectivity index (χ0n) is 13.8. The largest absolute Gasteiger partial charge is 0.343 e. The van der Waals surface area contributed by atoms with Gasteiger partial charge < -0.3 is 4.98 Å². The Morgan fingerprint density at radius 1 is 1.17 bits per heavy atom. The van der Waals surface area contributed by atoms with E-state index in [4.69, 9.17) is 23.2 Å². The third-order valence-corrected chi connectivity index (χ3v) is 5.27. The number of imidazole rings is 1. The molecule has 4 nitrogen and oxygen atoms in total. The van der Waals surface area contributed by atoms with Gasteiger partial charge in [-0.2, -0.15) is 5.10 Å². The van der Waals surface area contributed by atoms with Gasteiger partial charge in [0.05, 0.1) is 18.0 Å². The summed E-state index contributed by atoms with van der Waals surface area (Å²) in [5.74, 6) is 0.810. The Morgan fingerprint density at radius 2 is 2.00 bits per heavy atom. The van der Waals surface area contributed by atoms with Crippen molar-refractivity contribution in [2.45, 2.75) is 39.0 Å². The fourth-order valence-corrected chi connectivity index (χ4v) is 3.90. The van der Waals surface area contributed by atoms with Gasteiger partial charge in [-0.25, -0.2) is 4.98 Å². The number of benzene rings is 1. The number of aromatic nitrogens is 4. The van der Waals surface area contributed by atoms with Crippen molar-refractivity contribution in [3.05, 3.63) is 51.9 Å². The van der Waals surface area contributed by atoms with E-state index in [1.54, 1.807) is 6.33 Å². The van der Waals surface area contributed by atoms with Gasteiger partial charge in [0.25, 0.3) is 0 Å². The van der Waals surface area contributed by atoms with Crippen LogP contribution in [0.3, 0.4) is 0 Å². The van der Waals surface area contributed by atoms with Crippen molar-refractivity contribution in [2.24, 2.45) is 5.92 Å². The fourth-order valence-electron chi connectivity index (χ4n) is 3.41. The maximum Gasteiger partial charge on any atom is 0.199 e. The minimum atomic E-state index is 0.361. The molecule has 1 aromatic carbocycles. The van der Waals surface area contributed by atoms with Gasteiger partial charge in [-0.1, -0.05) is 49.5 Å². The van der Waals surface area contributed by atoms with Crippen LogP contribution in [0.2, 0.25) is 10.0 Å². The van der Waals surface area contributed by atoms with Crippen molar-refractivity contribution in [1.82, 2.24) is 20.2 Å². The van der Waals surface area contributed by atoms with Crippen molar-refractivity contribution in [3.63, 3.8) is 0 Å². The third-order valence-electron chi connectivity index (χ3n) is 4.69. The van der Waals surface area contributed by atoms with Crippen LogP contribution in [-0.2, 0) is 6.42 Å². The van der Waals surface area contributed by atoms with E-state index in [9.17, 15) is 0 Å². The van der Waals surface area contributed by atoms with E-state index in [-0.39, 0.29) is 0 Å². The molecule has 3 aromatic rings. The first kappa shape index (κ1) is 17.2. The van der Waals surface area contributed by atoms with E-state index in [0.29, 0.717) is 22.5 Å². The van der Waals surface area contributed by atoms with Gasteiger partial charge in [-0.15, -0.1) is 5.10 Å². The van der Waals surface area contributed by atoms with Gasteiger partial charge in [-0.05, 0) is 42.4 Å². The maximum atomic E-state index is 6.38. The average molecular weight is 363 g/mol. The lowest BCUT2D eigenvalue weighted by Crippen LogP contribution is -2.16. The number of aromatic amines is 1. The Kier molecular flexibility index (Phi) is 5.36. The lowest BCUT2D eigenvalue weighted by molar-refractivity contribution is 0.398. The van der Waals surface area contributed by atoms with Gasteiger partial charge in [-0.3, -0.25) is 0 Å². The van der Waals surface area contributed by atoms with Crippen molar-refractivity contribution >= 4 is 34.4 Å². The van der Waals surface area contributed by atoms with Gasteiger partial charge in [0, 0.05) is 15.6 Å². The molecule has 24 heavy (non-hydrogen) atoms. The van der Waals surface area contributed by atoms with E-state index >= 15 is 0 Å². The smallest absolute Gasteiger partial charge is 0.199 e. The van der Waals surface area contributed by atoms with Crippen molar-refractivity contribution in [2.75, 3.05) is 0 Å². The number of hydrogen-bond donors (Lipinski definition) is 1. The second kappa shape index (κ2) is 7.49. The normalized spacial score (nSPS) is 14.0. The Hall–Kier alpha value is -1.65. The van der Waals surface area contributed by atoms with Crippen LogP contribution in [0.1, 0.15) is 43.7 Å². The average Bonchev–Trinajstić information content (AvgIpc) is 3.06. The van der Waals surface area contributed by atoms with Crippen LogP contribution in [-0.4, -0.2) is 20.2 Å². The zero-order chi connectivity index (χ0) is 17.1. The fraction of sp³-hybridized carbons (Fsp3) is 0.389. The van der Waals surface area contributed by atoms with Crippen LogP contribution in [0.5, 0.6) is 0 Å². The molecule has 0 amide bonds. The lowest BCUT2D eigenvalue weighted by Gasteiger charge is -2.26. The van der Waals surface area contributed by atoms with Crippen molar-refractivity contribution in [1.29, 1.82) is 0 Å². The first-order valence-corrected chi connectivity index (χ1v) is 8.98. The molecule has 0 saturated carbocycles. The monoisotopic (exact) mass is 362 g/mol. The minimum Gasteiger partial charge on any atom is -0.343 e. The molecule has 0 spiro atoms. The Morgan fingerprint density at radius 3 is 2.71 bits per heavy atom. The molecular weight excluding hydrogens is 343 g/mol. The van der Waals surface area contributed by atoms with E-state index in [2.05, 4.69) is 34.0 Å². The molecule has 2 atom stereocenters. The summed E-state index contributed by atoms with van der Waals surface area (Å²) >= 11 is 12.4. The van der Waals surface area contributed by atoms with E-state index < -0.39 is 0 Å². The molecule has 6 heteroatoms. The maximum absolute atomic E-state index is 6.38. The molecule has 0 bridgehead atoms. The summed E-state index contributed by atoms with van der Waals surface area (Å²) in [6.45, 7) is 4.43. The van der Waals surface area contributed by atoms with E-state index in [1.807, 2.05) is 24.4 Å². The highest BCUT2D eigenvalue weighted by molar-refractivity contribution is 6.35. The molecule has 3 rings (SSSR count). The molecule has 0 aliphatic heterocycles. The summed E-state index contributed by atoms with van der Waals surface area (Å²) in [6.07, 6.45) is 6.51. The quantitative estimate of drug-likeness (QED) is 0.636. The molecule has 0 aliphatic carbocycles. The summed E-state index contributed by atoms with van der Waals surface area (Å²) in [5, 5.41) is 9.61. The number of H-pyrrole nitrogens is 1. The van der Waals surface area contributed by atoms with Crippen LogP contribution in [0.15, 0.2) is 30.7 Å². The number of nitrogens with zero attached hydrogens (tertiary/aromatic N) is 3. The number of fused-ring (bicyclic) bond motifs is 1. The number of hydrogen-bond acceptors (Lipinski definition) is 3. The Labute approximate surface area is 151 Å². The van der Waals surface area contributed by atoms with Crippen LogP contribution in [0.25, 0.3) is 11.2 Å². The van der Waals surface area contributed by atoms with Gasteiger partial charge in [0.1, 0.15) is 0 Å². The number of rotatable bonds is 6. The number of nitrogens with one attached hydrogen (secondary N) is 1. The second-order valence-corrected chi connectivity index (χ2v) is 6.87. The summed E-state index contributed by atoms with van der Waals surface area (Å²) in [4.78, 5) is 7.43. The first-order chi connectivity index (χ1) is 11.6. The molecule has 2 unspecified atom stereocenters. The molecule has 2 aromatic heterocycles. The SMILES string of the molecule is CCC(Cc1ccc(Cl)cc1Cl)C(CC)c1cnnc2nc[nH]c12. The molecule has 0 radical (unpaired) electrons. The van der Waals surface area contributed by atoms with E-state index in [0.717, 1.165) is 35.4 Å². The van der Waals surface area contributed by atoms with Crippen LogP contribution < -0.4 is 0 Å². The lowest BCUT2D eigenvalue weighted by atomic mass is 9.79. The standard InChI is InChI=1S/C18H20Cl2N4/c1-3-11(7-12-5-6-13(19)8-16(12)20)14(4-2)15-9-23-24-18-17(15)21-10-22-18/h5-6,8-11,14H,3-4,7H2,1-2H3,(H,21,22,24). The summed E-state index contributed by atoms with van der Waals surface area (Å²) in [7, 11) is 0. The zero-order valence-corrected chi connectivity index (χ0v) is 15.3. The predicted molar refractivity (Wildman–Crippen MR) is 98.7 cm³/mol. The molecule has 126 valence electrons. The predicted octanol–water partition coefficient (Wildman–Crippen LogP) is 5.42. The summed E-state index contributed by atoms with van der Waals surface area (Å²) < 4.78 is 0. The van der Waals surface area contributed by atoms with Gasteiger partial charge in [0.2, 0.25) is 0 Å². The van der Waals surface area contributed by atoms with Crippen LogP contribution in [0, 0.1) is 5.92 Å². The summed E-state index contributed by atoms with van der Waals surface area (Å²) in [6, 6.07) is 5.74. The summed E-state index contributed by atoms with van der Waals surface area (Å²) in [5.41, 5.74) is 3.97. The highest BCUT2D eigenvalue weighted by Gasteiger charge is 2.24. The highest BCUT2D eigenvalue weighted by atomic mass is 35.5. The molecular formula is C18H20Cl2N4. The first-order valence-electron chi connectivity index (χ1n) is 8.22. The molecule has 0 fully saturated rings. The molecule has 2 heterocycles. The Balaban J connectivity index is 1.94. The van der Waals surface area contributed by atoms with Gasteiger partial charge >= 0.3 is 0 Å². The second-order valence-electron chi connectivity index (χ2n) is 6.02. The molecule has 0 saturated heterocycles. The van der Waals surface area contributed by atoms with Crippen LogP contribution >= 0.6 is 23.2 Å². The highest BCUT2D eigenvalue weighted by Crippen LogP contribution is 2.36. The Bertz CT molecular complexity index is 831. The topological polar surface area (TPSA) is 54.5 Å². The molecule has 1 N–H and O–H groups in total. The van der Waals surface area contributed by atoms with Gasteiger partial charge in [0.15, 0.2) is 5.65 Å².